The first-order chi connectivity index (χ1) is 18.9. The van der Waals surface area contributed by atoms with Gasteiger partial charge in [0.2, 0.25) is 5.91 Å². The molecule has 0 aromatic heterocycles. The van der Waals surface area contributed by atoms with Crippen LogP contribution in [0.2, 0.25) is 15.1 Å². The summed E-state index contributed by atoms with van der Waals surface area (Å²) in [5.41, 5.74) is 4.69. The topological polar surface area (TPSA) is 59.6 Å². The maximum Gasteiger partial charge on any atom is 0.249 e. The molecule has 1 heterocycles. The van der Waals surface area contributed by atoms with Crippen LogP contribution in [0.25, 0.3) is 5.57 Å². The monoisotopic (exact) mass is 584 g/mol. The van der Waals surface area contributed by atoms with Crippen molar-refractivity contribution in [3.63, 3.8) is 0 Å². The molecule has 2 aliphatic rings. The van der Waals surface area contributed by atoms with Gasteiger partial charge in [0.05, 0.1) is 16.1 Å². The van der Waals surface area contributed by atoms with E-state index >= 15 is 0 Å². The van der Waals surface area contributed by atoms with Gasteiger partial charge < -0.3 is 20.1 Å². The molecule has 1 aliphatic carbocycles. The van der Waals surface area contributed by atoms with Crippen LogP contribution < -0.4 is 20.1 Å². The van der Waals surface area contributed by atoms with Crippen molar-refractivity contribution in [2.45, 2.75) is 32.2 Å². The number of benzene rings is 3. The van der Waals surface area contributed by atoms with E-state index in [1.54, 1.807) is 6.07 Å². The van der Waals surface area contributed by atoms with Gasteiger partial charge in [0.15, 0.2) is 0 Å². The van der Waals surface area contributed by atoms with Crippen LogP contribution in [0, 0.1) is 12.8 Å². The Bertz CT molecular complexity index is 1370. The van der Waals surface area contributed by atoms with Crippen LogP contribution in [0.1, 0.15) is 42.0 Å². The molecule has 1 fully saturated rings. The first-order valence-corrected chi connectivity index (χ1v) is 14.3. The summed E-state index contributed by atoms with van der Waals surface area (Å²) in [5, 5.41) is 8.32. The number of halogens is 3. The Balaban J connectivity index is 1.24. The Morgan fingerprint density at radius 1 is 1.03 bits per heavy atom. The molecule has 1 unspecified atom stereocenters. The van der Waals surface area contributed by atoms with Crippen LogP contribution in [0.3, 0.4) is 0 Å². The molecule has 3 aromatic rings. The van der Waals surface area contributed by atoms with Gasteiger partial charge in [-0.2, -0.15) is 0 Å². The minimum atomic E-state index is -0.158. The van der Waals surface area contributed by atoms with Gasteiger partial charge >= 0.3 is 0 Å². The molecule has 2 N–H and O–H groups in total. The summed E-state index contributed by atoms with van der Waals surface area (Å²) >= 11 is 18.8. The minimum Gasteiger partial charge on any atom is -0.490 e. The Kier molecular flexibility index (Phi) is 9.03. The fourth-order valence-corrected chi connectivity index (χ4v) is 5.58. The zero-order valence-corrected chi connectivity index (χ0v) is 24.0. The van der Waals surface area contributed by atoms with Crippen molar-refractivity contribution in [3.8, 4) is 11.5 Å². The molecule has 1 saturated carbocycles. The largest absolute Gasteiger partial charge is 0.490 e. The summed E-state index contributed by atoms with van der Waals surface area (Å²) in [5.74, 6) is 1.85. The third kappa shape index (κ3) is 6.90. The van der Waals surface area contributed by atoms with Crippen molar-refractivity contribution in [1.29, 1.82) is 0 Å². The van der Waals surface area contributed by atoms with Gasteiger partial charge in [0.25, 0.3) is 0 Å². The molecule has 39 heavy (non-hydrogen) atoms. The molecule has 0 spiro atoms. The zero-order valence-electron chi connectivity index (χ0n) is 21.7. The predicted molar refractivity (Wildman–Crippen MR) is 158 cm³/mol. The third-order valence-electron chi connectivity index (χ3n) is 7.14. The quantitative estimate of drug-likeness (QED) is 0.243. The summed E-state index contributed by atoms with van der Waals surface area (Å²) in [7, 11) is 0. The normalized spacial score (nSPS) is 16.1. The molecule has 1 amide bonds. The highest BCUT2D eigenvalue weighted by Gasteiger charge is 2.36. The fourth-order valence-electron chi connectivity index (χ4n) is 4.93. The van der Waals surface area contributed by atoms with Gasteiger partial charge in [-0.15, -0.1) is 0 Å². The maximum absolute atomic E-state index is 13.6. The maximum atomic E-state index is 13.6. The summed E-state index contributed by atoms with van der Waals surface area (Å²) in [6.45, 7) is 4.13. The SMILES string of the molecule is Cc1cc(Cl)ccc1OCCOc1ccc(C2=C(C(=O)NC(c3cccc(Cl)c3Cl)C3CC3)CNCC2)cc1. The molecule has 8 heteroatoms. The number of hydrogen-bond donors (Lipinski definition) is 2. The molecule has 5 rings (SSSR count). The number of nitrogens with one attached hydrogen (secondary N) is 2. The van der Waals surface area contributed by atoms with E-state index in [2.05, 4.69) is 10.6 Å². The van der Waals surface area contributed by atoms with E-state index in [9.17, 15) is 4.79 Å². The summed E-state index contributed by atoms with van der Waals surface area (Å²) < 4.78 is 11.7. The Hall–Kier alpha value is -2.70. The molecule has 204 valence electrons. The number of carbonyl (C=O) groups excluding carboxylic acids is 1. The van der Waals surface area contributed by atoms with Crippen molar-refractivity contribution >= 4 is 46.3 Å². The number of ether oxygens (including phenoxy) is 2. The molecule has 0 saturated heterocycles. The molecular weight excluding hydrogens is 555 g/mol. The highest BCUT2D eigenvalue weighted by atomic mass is 35.5. The summed E-state index contributed by atoms with van der Waals surface area (Å²) in [6, 6.07) is 18.9. The lowest BCUT2D eigenvalue weighted by atomic mass is 9.93. The van der Waals surface area contributed by atoms with Crippen LogP contribution in [0.15, 0.2) is 66.2 Å². The minimum absolute atomic E-state index is 0.0693. The molecule has 0 bridgehead atoms. The van der Waals surface area contributed by atoms with Gasteiger partial charge in [0, 0.05) is 17.1 Å². The highest BCUT2D eigenvalue weighted by molar-refractivity contribution is 6.42. The average Bonchev–Trinajstić information content (AvgIpc) is 3.78. The molecule has 5 nitrogen and oxygen atoms in total. The van der Waals surface area contributed by atoms with Gasteiger partial charge in [0.1, 0.15) is 24.7 Å². The first kappa shape index (κ1) is 27.9. The standard InChI is InChI=1S/C31H31Cl3N2O3/c1-19-17-22(32)9-12-28(19)39-16-15-38-23-10-7-20(8-11-23)24-13-14-35-18-26(24)31(37)36-30(21-5-6-21)25-3-2-4-27(33)29(25)34/h2-4,7-12,17,21,30,35H,5-6,13-16,18H2,1H3,(H,36,37). The average molecular weight is 586 g/mol. The van der Waals surface area contributed by atoms with Crippen LogP contribution in [-0.2, 0) is 4.79 Å². The van der Waals surface area contributed by atoms with E-state index in [1.807, 2.05) is 61.5 Å². The van der Waals surface area contributed by atoms with E-state index in [1.165, 1.54) is 0 Å². The fraction of sp³-hybridized carbons (Fsp3) is 0.323. The van der Waals surface area contributed by atoms with Gasteiger partial charge in [-0.25, -0.2) is 0 Å². The van der Waals surface area contributed by atoms with E-state index < -0.39 is 0 Å². The summed E-state index contributed by atoms with van der Waals surface area (Å²) in [6.07, 6.45) is 2.89. The Labute approximate surface area is 244 Å². The van der Waals surface area contributed by atoms with Crippen molar-refractivity contribution in [2.24, 2.45) is 5.92 Å². The van der Waals surface area contributed by atoms with Crippen LogP contribution in [0.5, 0.6) is 11.5 Å². The van der Waals surface area contributed by atoms with Gasteiger partial charge in [-0.05, 0) is 97.3 Å². The number of rotatable bonds is 10. The smallest absolute Gasteiger partial charge is 0.249 e. The highest BCUT2D eigenvalue weighted by Crippen LogP contribution is 2.44. The van der Waals surface area contributed by atoms with Crippen LogP contribution >= 0.6 is 34.8 Å². The first-order valence-electron chi connectivity index (χ1n) is 13.2. The van der Waals surface area contributed by atoms with Crippen LogP contribution in [0.4, 0.5) is 0 Å². The predicted octanol–water partition coefficient (Wildman–Crippen LogP) is 7.43. The van der Waals surface area contributed by atoms with Crippen molar-refractivity contribution in [3.05, 3.63) is 98.0 Å². The Morgan fingerprint density at radius 3 is 2.54 bits per heavy atom. The molecule has 1 atom stereocenters. The van der Waals surface area contributed by atoms with Gasteiger partial charge in [-0.1, -0.05) is 59.1 Å². The second kappa shape index (κ2) is 12.6. The van der Waals surface area contributed by atoms with E-state index in [-0.39, 0.29) is 11.9 Å². The number of carbonyl (C=O) groups is 1. The second-order valence-corrected chi connectivity index (χ2v) is 11.2. The number of amides is 1. The Morgan fingerprint density at radius 2 is 1.79 bits per heavy atom. The second-order valence-electron chi connectivity index (χ2n) is 9.95. The summed E-state index contributed by atoms with van der Waals surface area (Å²) in [4.78, 5) is 13.6. The molecule has 1 aliphatic heterocycles. The zero-order chi connectivity index (χ0) is 27.4. The lowest BCUT2D eigenvalue weighted by Crippen LogP contribution is -2.37. The number of aryl methyl sites for hydroxylation is 1. The third-order valence-corrected chi connectivity index (χ3v) is 8.21. The van der Waals surface area contributed by atoms with Crippen molar-refractivity contribution in [2.75, 3.05) is 26.3 Å². The lowest BCUT2D eigenvalue weighted by molar-refractivity contribution is -0.118. The lowest BCUT2D eigenvalue weighted by Gasteiger charge is -2.25. The van der Waals surface area contributed by atoms with Crippen LogP contribution in [-0.4, -0.2) is 32.2 Å². The van der Waals surface area contributed by atoms with E-state index in [0.717, 1.165) is 65.1 Å². The van der Waals surface area contributed by atoms with E-state index in [4.69, 9.17) is 44.3 Å². The molecular formula is C31H31Cl3N2O3. The van der Waals surface area contributed by atoms with Crippen molar-refractivity contribution in [1.82, 2.24) is 10.6 Å². The molecule has 3 aromatic carbocycles. The van der Waals surface area contributed by atoms with E-state index in [0.29, 0.717) is 40.7 Å². The number of hydrogen-bond acceptors (Lipinski definition) is 4. The van der Waals surface area contributed by atoms with Gasteiger partial charge in [-0.3, -0.25) is 4.79 Å². The molecule has 0 radical (unpaired) electrons. The van der Waals surface area contributed by atoms with Crippen molar-refractivity contribution < 1.29 is 14.3 Å².